The molecule has 0 spiro atoms. The Kier molecular flexibility index (Phi) is 4.27. The van der Waals surface area contributed by atoms with Crippen LogP contribution in [0.15, 0.2) is 17.0 Å². The van der Waals surface area contributed by atoms with Crippen LogP contribution in [0.1, 0.15) is 0 Å². The van der Waals surface area contributed by atoms with Crippen molar-refractivity contribution in [2.75, 3.05) is 24.7 Å². The van der Waals surface area contributed by atoms with Gasteiger partial charge in [0.15, 0.2) is 0 Å². The molecule has 0 radical (unpaired) electrons. The number of aromatic hydroxyl groups is 1. The Bertz CT molecular complexity index is 398. The van der Waals surface area contributed by atoms with Crippen LogP contribution in [-0.2, 0) is 0 Å². The summed E-state index contributed by atoms with van der Waals surface area (Å²) >= 11 is 0.493. The molecule has 0 aromatic heterocycles. The van der Waals surface area contributed by atoms with Gasteiger partial charge in [-0.2, -0.15) is 0 Å². The maximum Gasteiger partial charge on any atom is 0.319 e. The van der Waals surface area contributed by atoms with E-state index in [2.05, 4.69) is 16.0 Å². The number of urea groups is 1. The van der Waals surface area contributed by atoms with E-state index in [0.717, 1.165) is 0 Å². The summed E-state index contributed by atoms with van der Waals surface area (Å²) in [4.78, 5) is 11.5. The molecule has 16 heavy (non-hydrogen) atoms. The Balaban J connectivity index is 3.08. The second kappa shape index (κ2) is 5.47. The molecular weight excluding hydrogens is 230 g/mol. The van der Waals surface area contributed by atoms with Crippen LogP contribution >= 0.6 is 12.0 Å². The maximum absolute atomic E-state index is 11.1. The van der Waals surface area contributed by atoms with E-state index in [9.17, 15) is 9.90 Å². The molecule has 0 bridgehead atoms. The number of hydrogen-bond donors (Lipinski definition) is 5. The number of carbonyl (C=O) groups excluding carboxylic acids is 1. The quantitative estimate of drug-likeness (QED) is 0.412. The second-order valence-electron chi connectivity index (χ2n) is 2.91. The molecule has 0 unspecified atom stereocenters. The van der Waals surface area contributed by atoms with Gasteiger partial charge in [-0.3, -0.25) is 0 Å². The van der Waals surface area contributed by atoms with E-state index in [0.29, 0.717) is 28.3 Å². The summed E-state index contributed by atoms with van der Waals surface area (Å²) in [6, 6.07) is 2.47. The van der Waals surface area contributed by atoms with Crippen LogP contribution in [0.2, 0.25) is 0 Å². The molecule has 5 N–H and O–H groups in total. The van der Waals surface area contributed by atoms with Gasteiger partial charge in [-0.25, -0.2) is 4.79 Å². The van der Waals surface area contributed by atoms with Crippen molar-refractivity contribution >= 4 is 29.4 Å². The van der Waals surface area contributed by atoms with Gasteiger partial charge in [0.1, 0.15) is 5.75 Å². The summed E-state index contributed by atoms with van der Waals surface area (Å²) in [7, 11) is 3.12. The van der Waals surface area contributed by atoms with Gasteiger partial charge in [-0.05, 0) is 6.07 Å². The van der Waals surface area contributed by atoms with Gasteiger partial charge in [0.25, 0.3) is 0 Å². The first-order valence-electron chi connectivity index (χ1n) is 4.47. The molecule has 0 aliphatic heterocycles. The smallest absolute Gasteiger partial charge is 0.319 e. The third-order valence-corrected chi connectivity index (χ3v) is 2.48. The van der Waals surface area contributed by atoms with E-state index in [4.69, 9.17) is 4.55 Å². The standard InChI is InChI=1S/C9H13N3O3S/c1-10-5-4-8(16-15)6(3-7(5)13)12-9(14)11-2/h3-4,10,13,15H,1-2H3,(H2,11,12,14). The average Bonchev–Trinajstić information content (AvgIpc) is 2.29. The highest BCUT2D eigenvalue weighted by Crippen LogP contribution is 2.35. The second-order valence-corrected chi connectivity index (χ2v) is 3.53. The minimum absolute atomic E-state index is 0.00768. The molecule has 88 valence electrons. The van der Waals surface area contributed by atoms with Gasteiger partial charge in [-0.15, -0.1) is 0 Å². The minimum atomic E-state index is -0.424. The van der Waals surface area contributed by atoms with Crippen LogP contribution < -0.4 is 16.0 Å². The normalized spacial score (nSPS) is 9.69. The van der Waals surface area contributed by atoms with Crippen molar-refractivity contribution < 1.29 is 14.5 Å². The Morgan fingerprint density at radius 2 is 2.00 bits per heavy atom. The molecule has 6 nitrogen and oxygen atoms in total. The molecule has 7 heteroatoms. The highest BCUT2D eigenvalue weighted by molar-refractivity contribution is 7.94. The van der Waals surface area contributed by atoms with Crippen LogP contribution in [0.3, 0.4) is 0 Å². The van der Waals surface area contributed by atoms with Gasteiger partial charge in [0.05, 0.1) is 16.3 Å². The third-order valence-electron chi connectivity index (χ3n) is 1.94. The van der Waals surface area contributed by atoms with Crippen molar-refractivity contribution in [3.63, 3.8) is 0 Å². The maximum atomic E-state index is 11.1. The average molecular weight is 243 g/mol. The van der Waals surface area contributed by atoms with Crippen molar-refractivity contribution in [1.29, 1.82) is 0 Å². The first-order valence-corrected chi connectivity index (χ1v) is 5.24. The van der Waals surface area contributed by atoms with E-state index < -0.39 is 6.03 Å². The van der Waals surface area contributed by atoms with Crippen molar-refractivity contribution in [1.82, 2.24) is 5.32 Å². The lowest BCUT2D eigenvalue weighted by Crippen LogP contribution is -2.24. The number of phenols is 1. The monoisotopic (exact) mass is 243 g/mol. The summed E-state index contributed by atoms with van der Waals surface area (Å²) in [6.07, 6.45) is 0. The molecular formula is C9H13N3O3S. The van der Waals surface area contributed by atoms with Gasteiger partial charge < -0.3 is 25.6 Å². The van der Waals surface area contributed by atoms with Crippen molar-refractivity contribution in [2.24, 2.45) is 0 Å². The first-order chi connectivity index (χ1) is 7.62. The highest BCUT2D eigenvalue weighted by atomic mass is 32.2. The predicted molar refractivity (Wildman–Crippen MR) is 64.2 cm³/mol. The molecule has 0 saturated heterocycles. The van der Waals surface area contributed by atoms with E-state index in [1.54, 1.807) is 7.05 Å². The molecule has 0 atom stereocenters. The number of benzene rings is 1. The highest BCUT2D eigenvalue weighted by Gasteiger charge is 2.10. The van der Waals surface area contributed by atoms with E-state index >= 15 is 0 Å². The number of anilines is 2. The van der Waals surface area contributed by atoms with Crippen LogP contribution in [0.4, 0.5) is 16.2 Å². The zero-order valence-corrected chi connectivity index (χ0v) is 9.68. The number of hydrogen-bond acceptors (Lipinski definition) is 5. The van der Waals surface area contributed by atoms with E-state index in [1.165, 1.54) is 19.2 Å². The summed E-state index contributed by atoms with van der Waals surface area (Å²) in [5.41, 5.74) is 0.808. The van der Waals surface area contributed by atoms with Crippen LogP contribution in [-0.4, -0.2) is 29.8 Å². The minimum Gasteiger partial charge on any atom is -0.506 e. The van der Waals surface area contributed by atoms with Crippen molar-refractivity contribution in [2.45, 2.75) is 4.90 Å². The molecule has 1 rings (SSSR count). The summed E-state index contributed by atoms with van der Waals surface area (Å²) in [6.45, 7) is 0. The number of phenolic OH excluding ortho intramolecular Hbond substituents is 1. The fourth-order valence-electron chi connectivity index (χ4n) is 1.13. The first kappa shape index (κ1) is 12.5. The number of carbonyl (C=O) groups is 1. The van der Waals surface area contributed by atoms with Crippen LogP contribution in [0.25, 0.3) is 0 Å². The zero-order chi connectivity index (χ0) is 12.1. The molecule has 0 fully saturated rings. The Morgan fingerprint density at radius 1 is 1.31 bits per heavy atom. The topological polar surface area (TPSA) is 93.6 Å². The summed E-state index contributed by atoms with van der Waals surface area (Å²) in [5, 5.41) is 17.2. The molecule has 0 aliphatic carbocycles. The summed E-state index contributed by atoms with van der Waals surface area (Å²) < 4.78 is 9.05. The van der Waals surface area contributed by atoms with Crippen molar-refractivity contribution in [3.8, 4) is 5.75 Å². The lowest BCUT2D eigenvalue weighted by molar-refractivity contribution is 0.254. The van der Waals surface area contributed by atoms with E-state index in [-0.39, 0.29) is 5.75 Å². The van der Waals surface area contributed by atoms with Gasteiger partial charge in [0, 0.05) is 32.2 Å². The van der Waals surface area contributed by atoms with Crippen LogP contribution in [0, 0.1) is 0 Å². The number of nitrogens with one attached hydrogen (secondary N) is 3. The van der Waals surface area contributed by atoms with E-state index in [1.807, 2.05) is 0 Å². The van der Waals surface area contributed by atoms with Gasteiger partial charge in [-0.1, -0.05) is 0 Å². The predicted octanol–water partition coefficient (Wildman–Crippen LogP) is 1.75. The Labute approximate surface area is 97.3 Å². The third kappa shape index (κ3) is 2.71. The van der Waals surface area contributed by atoms with Gasteiger partial charge in [0.2, 0.25) is 0 Å². The molecule has 2 amide bonds. The number of amides is 2. The lowest BCUT2D eigenvalue weighted by Gasteiger charge is -2.11. The molecule has 0 heterocycles. The fraction of sp³-hybridized carbons (Fsp3) is 0.222. The lowest BCUT2D eigenvalue weighted by atomic mass is 10.2. The Morgan fingerprint density at radius 3 is 2.50 bits per heavy atom. The molecule has 1 aromatic rings. The zero-order valence-electron chi connectivity index (χ0n) is 8.87. The molecule has 1 aromatic carbocycles. The van der Waals surface area contributed by atoms with Crippen molar-refractivity contribution in [3.05, 3.63) is 12.1 Å². The molecule has 0 saturated carbocycles. The number of rotatable bonds is 3. The SMILES string of the molecule is CNC(=O)Nc1cc(O)c(NC)cc1SO. The fourth-order valence-corrected chi connectivity index (χ4v) is 1.51. The molecule has 0 aliphatic rings. The van der Waals surface area contributed by atoms with Gasteiger partial charge >= 0.3 is 6.03 Å². The van der Waals surface area contributed by atoms with Crippen LogP contribution in [0.5, 0.6) is 5.75 Å². The summed E-state index contributed by atoms with van der Waals surface area (Å²) in [5.74, 6) is -0.00768. The largest absolute Gasteiger partial charge is 0.506 e. The Hall–Kier alpha value is -1.60.